The Morgan fingerprint density at radius 3 is 2.13 bits per heavy atom. The molecule has 2 saturated heterocycles. The summed E-state index contributed by atoms with van der Waals surface area (Å²) in [6, 6.07) is 0.722. The van der Waals surface area contributed by atoms with E-state index in [1.165, 1.54) is 32.7 Å². The molecule has 13 heteroatoms. The summed E-state index contributed by atoms with van der Waals surface area (Å²) in [6.07, 6.45) is 6.96. The highest BCUT2D eigenvalue weighted by atomic mass is 19.3. The Hall–Kier alpha value is -2.42. The van der Waals surface area contributed by atoms with E-state index in [9.17, 15) is 8.78 Å². The van der Waals surface area contributed by atoms with Crippen molar-refractivity contribution in [1.29, 1.82) is 0 Å². The topological polar surface area (TPSA) is 151 Å². The van der Waals surface area contributed by atoms with E-state index in [-0.39, 0.29) is 19.1 Å². The second kappa shape index (κ2) is 29.7. The van der Waals surface area contributed by atoms with E-state index >= 15 is 0 Å². The average molecular weight is 676 g/mol. The van der Waals surface area contributed by atoms with Gasteiger partial charge in [0.15, 0.2) is 11.5 Å². The largest absolute Gasteiger partial charge is 0.493 e. The van der Waals surface area contributed by atoms with E-state index in [4.69, 9.17) is 25.1 Å². The number of hydrogen-bond acceptors (Lipinski definition) is 10. The molecule has 1 aromatic carbocycles. The molecule has 47 heavy (non-hydrogen) atoms. The van der Waals surface area contributed by atoms with E-state index in [2.05, 4.69) is 44.8 Å². The molecule has 0 aliphatic carbocycles. The van der Waals surface area contributed by atoms with Crippen LogP contribution >= 0.6 is 0 Å². The highest BCUT2D eigenvalue weighted by molar-refractivity contribution is 5.61. The second-order valence-corrected chi connectivity index (χ2v) is 10.6. The number of carbonyl (C=O) groups is 1. The number of likely N-dealkylation sites (tertiary alicyclic amines) is 2. The number of aliphatic imine (C=N–C) groups is 1. The van der Waals surface area contributed by atoms with E-state index < -0.39 is 18.6 Å². The number of methoxy groups -OCH3 is 1. The van der Waals surface area contributed by atoms with Crippen LogP contribution in [0.15, 0.2) is 17.1 Å². The zero-order valence-electron chi connectivity index (χ0n) is 30.3. The third-order valence-corrected chi connectivity index (χ3v) is 7.49. The summed E-state index contributed by atoms with van der Waals surface area (Å²) in [5, 5.41) is 13.8. The van der Waals surface area contributed by atoms with Gasteiger partial charge in [0.2, 0.25) is 0 Å². The van der Waals surface area contributed by atoms with E-state index in [1.807, 2.05) is 39.8 Å². The Morgan fingerprint density at radius 2 is 1.62 bits per heavy atom. The predicted molar refractivity (Wildman–Crippen MR) is 191 cm³/mol. The first-order chi connectivity index (χ1) is 22.7. The minimum absolute atomic E-state index is 0.0458. The number of ether oxygens (including phenoxy) is 2. The van der Waals surface area contributed by atoms with Crippen molar-refractivity contribution in [2.75, 3.05) is 66.6 Å². The molecule has 2 fully saturated rings. The Bertz CT molecular complexity index is 896. The van der Waals surface area contributed by atoms with E-state index in [0.29, 0.717) is 23.8 Å². The number of hydrogen-bond donors (Lipinski definition) is 5. The molecular formula is C34H67F2N7O4. The molecule has 7 N–H and O–H groups in total. The summed E-state index contributed by atoms with van der Waals surface area (Å²) >= 11 is 0. The van der Waals surface area contributed by atoms with Gasteiger partial charge in [0.25, 0.3) is 6.47 Å². The quantitative estimate of drug-likeness (QED) is 0.0464. The van der Waals surface area contributed by atoms with Crippen LogP contribution in [0.3, 0.4) is 0 Å². The number of benzene rings is 1. The number of piperidine rings is 1. The lowest BCUT2D eigenvalue weighted by molar-refractivity contribution is -0.122. The van der Waals surface area contributed by atoms with Gasteiger partial charge in [-0.3, -0.25) is 26.2 Å². The van der Waals surface area contributed by atoms with Crippen molar-refractivity contribution in [3.63, 3.8) is 0 Å². The summed E-state index contributed by atoms with van der Waals surface area (Å²) in [5.41, 5.74) is 10.9. The van der Waals surface area contributed by atoms with Crippen molar-refractivity contribution in [3.8, 4) is 11.5 Å². The van der Waals surface area contributed by atoms with Gasteiger partial charge in [-0.2, -0.15) is 8.78 Å². The van der Waals surface area contributed by atoms with Crippen LogP contribution in [0.1, 0.15) is 97.7 Å². The molecule has 1 atom stereocenters. The Morgan fingerprint density at radius 1 is 1.06 bits per heavy atom. The fraction of sp³-hybridized carbons (Fsp3) is 0.765. The number of alkyl halides is 2. The van der Waals surface area contributed by atoms with Crippen LogP contribution in [0.5, 0.6) is 11.5 Å². The molecule has 1 aromatic rings. The summed E-state index contributed by atoms with van der Waals surface area (Å²) in [5.74, 6) is 1.19. The molecule has 2 heterocycles. The van der Waals surface area contributed by atoms with Crippen molar-refractivity contribution in [1.82, 2.24) is 20.4 Å². The number of rotatable bonds is 17. The number of nitrogens with two attached hydrogens (primary N) is 2. The normalized spacial score (nSPS) is 15.6. The monoisotopic (exact) mass is 676 g/mol. The molecule has 0 saturated carbocycles. The lowest BCUT2D eigenvalue weighted by Gasteiger charge is -2.35. The summed E-state index contributed by atoms with van der Waals surface area (Å²) < 4.78 is 38.5. The third kappa shape index (κ3) is 20.5. The smallest absolute Gasteiger partial charge is 0.301 e. The van der Waals surface area contributed by atoms with Crippen LogP contribution in [-0.2, 0) is 4.79 Å². The van der Waals surface area contributed by atoms with Crippen molar-refractivity contribution >= 4 is 18.9 Å². The molecule has 2 aliphatic heterocycles. The van der Waals surface area contributed by atoms with Gasteiger partial charge in [-0.05, 0) is 91.1 Å². The number of halogens is 2. The minimum Gasteiger partial charge on any atom is -0.493 e. The summed E-state index contributed by atoms with van der Waals surface area (Å²) in [7, 11) is 3.11. The Kier molecular flexibility index (Phi) is 29.5. The molecule has 276 valence electrons. The summed E-state index contributed by atoms with van der Waals surface area (Å²) in [4.78, 5) is 17.6. The van der Waals surface area contributed by atoms with Gasteiger partial charge < -0.3 is 30.1 Å². The number of unbranched alkanes of at least 4 members (excludes halogenated alkanes) is 1. The van der Waals surface area contributed by atoms with Gasteiger partial charge in [-0.25, -0.2) is 0 Å². The number of nitrogens with zero attached hydrogens (tertiary/aromatic N) is 3. The molecule has 0 amide bonds. The highest BCUT2D eigenvalue weighted by Gasteiger charge is 2.27. The van der Waals surface area contributed by atoms with Crippen molar-refractivity contribution < 1.29 is 28.2 Å². The summed E-state index contributed by atoms with van der Waals surface area (Å²) in [6.45, 7) is 20.9. The first-order valence-corrected chi connectivity index (χ1v) is 17.3. The SMILES string of the molecule is C=Nc1cc(OCCCN2CCCC2)c(OC)cc1C(NCCC(N)(F)F)NC1CCN(CCCC)CC1.CC.CC.CN.O=CO. The van der Waals surface area contributed by atoms with Crippen LogP contribution in [0, 0.1) is 0 Å². The predicted octanol–water partition coefficient (Wildman–Crippen LogP) is 5.60. The fourth-order valence-electron chi connectivity index (χ4n) is 5.26. The zero-order chi connectivity index (χ0) is 36.1. The fourth-order valence-corrected chi connectivity index (χ4v) is 5.26. The van der Waals surface area contributed by atoms with Crippen LogP contribution in [0.2, 0.25) is 0 Å². The van der Waals surface area contributed by atoms with Crippen LogP contribution in [-0.4, -0.2) is 107 Å². The Balaban J connectivity index is 0. The minimum atomic E-state index is -3.23. The lowest BCUT2D eigenvalue weighted by atomic mass is 10.0. The zero-order valence-corrected chi connectivity index (χ0v) is 30.3. The molecule has 1 unspecified atom stereocenters. The number of nitrogens with one attached hydrogen (secondary N) is 2. The maximum absolute atomic E-state index is 13.4. The van der Waals surface area contributed by atoms with E-state index in [0.717, 1.165) is 64.1 Å². The van der Waals surface area contributed by atoms with E-state index in [1.54, 1.807) is 7.11 Å². The van der Waals surface area contributed by atoms with Crippen LogP contribution in [0.25, 0.3) is 0 Å². The molecule has 2 aliphatic rings. The number of carboxylic acid groups (broad SMARTS) is 1. The van der Waals surface area contributed by atoms with Crippen molar-refractivity contribution in [3.05, 3.63) is 17.7 Å². The molecule has 11 nitrogen and oxygen atoms in total. The molecule has 0 bridgehead atoms. The standard InChI is InChI=1S/C28H48F2N6O2.2C2H6.CH5N.CH2O2/c1-4-5-13-36-17-9-22(10-18-36)34-27(33-12-11-28(29,30)31)23-20-25(37-3)26(21-24(23)32-2)38-19-8-16-35-14-6-7-15-35;3*1-2;2-1-3/h20-22,27,33-34H,2,4-19,31H2,1,3H3;2*1-2H3;2H2,1H3;1H,(H,2,3). The van der Waals surface area contributed by atoms with Gasteiger partial charge in [0.1, 0.15) is 0 Å². The first kappa shape index (κ1) is 46.7. The molecule has 0 aromatic heterocycles. The third-order valence-electron chi connectivity index (χ3n) is 7.49. The first-order valence-electron chi connectivity index (χ1n) is 17.3. The van der Waals surface area contributed by atoms with Crippen molar-refractivity contribution in [2.45, 2.75) is 104 Å². The van der Waals surface area contributed by atoms with Gasteiger partial charge >= 0.3 is 6.05 Å². The van der Waals surface area contributed by atoms with Gasteiger partial charge in [0, 0.05) is 37.2 Å². The molecule has 0 spiro atoms. The molecular weight excluding hydrogens is 608 g/mol. The average Bonchev–Trinajstić information content (AvgIpc) is 3.62. The van der Waals surface area contributed by atoms with Crippen LogP contribution in [0.4, 0.5) is 14.5 Å². The maximum atomic E-state index is 13.4. The molecule has 3 rings (SSSR count). The second-order valence-electron chi connectivity index (χ2n) is 10.6. The van der Waals surface area contributed by atoms with Crippen LogP contribution < -0.4 is 31.6 Å². The van der Waals surface area contributed by atoms with Gasteiger partial charge in [-0.1, -0.05) is 41.0 Å². The highest BCUT2D eigenvalue weighted by Crippen LogP contribution is 2.38. The lowest BCUT2D eigenvalue weighted by Crippen LogP contribution is -2.47. The van der Waals surface area contributed by atoms with Gasteiger partial charge in [-0.15, -0.1) is 0 Å². The Labute approximate surface area is 283 Å². The maximum Gasteiger partial charge on any atom is 0.301 e. The van der Waals surface area contributed by atoms with Gasteiger partial charge in [0.05, 0.1) is 25.6 Å². The molecule has 0 radical (unpaired) electrons. The van der Waals surface area contributed by atoms with Crippen molar-refractivity contribution in [2.24, 2.45) is 16.5 Å².